The molecule has 1 N–H and O–H groups in total. The van der Waals surface area contributed by atoms with Gasteiger partial charge in [0.25, 0.3) is 0 Å². The summed E-state index contributed by atoms with van der Waals surface area (Å²) in [7, 11) is 0. The van der Waals surface area contributed by atoms with E-state index in [-0.39, 0.29) is 18.3 Å². The standard InChI is InChI=1S/C25H27BrN4O3S2/c1-3-14-30-22(16-9-11-17(26)12-10-16)28-29-25(30)34-15-13-20(31)27-23-21(24(32)33-4-2)18-7-5-6-8-19(18)35-23/h3,9-12H,1,4-8,13-15H2,2H3,(H,27,31). The minimum absolute atomic E-state index is 0.135. The molecule has 0 fully saturated rings. The number of anilines is 1. The van der Waals surface area contributed by atoms with Crippen molar-refractivity contribution in [1.29, 1.82) is 0 Å². The Kier molecular flexibility index (Phi) is 8.80. The summed E-state index contributed by atoms with van der Waals surface area (Å²) in [6, 6.07) is 7.90. The Bertz CT molecular complexity index is 1220. The van der Waals surface area contributed by atoms with Gasteiger partial charge in [-0.3, -0.25) is 9.36 Å². The molecular formula is C25H27BrN4O3S2. The molecule has 0 radical (unpaired) electrons. The maximum absolute atomic E-state index is 12.8. The summed E-state index contributed by atoms with van der Waals surface area (Å²) in [5.41, 5.74) is 2.54. The number of aromatic nitrogens is 3. The maximum Gasteiger partial charge on any atom is 0.341 e. The second kappa shape index (κ2) is 12.0. The number of hydrogen-bond acceptors (Lipinski definition) is 7. The topological polar surface area (TPSA) is 86.1 Å². The van der Waals surface area contributed by atoms with Crippen molar-refractivity contribution in [3.05, 3.63) is 57.4 Å². The summed E-state index contributed by atoms with van der Waals surface area (Å²) >= 11 is 6.43. The molecule has 1 aliphatic carbocycles. The van der Waals surface area contributed by atoms with Crippen molar-refractivity contribution in [3.63, 3.8) is 0 Å². The number of benzene rings is 1. The smallest absolute Gasteiger partial charge is 0.341 e. The summed E-state index contributed by atoms with van der Waals surface area (Å²) in [4.78, 5) is 26.6. The summed E-state index contributed by atoms with van der Waals surface area (Å²) in [6.07, 6.45) is 6.03. The zero-order chi connectivity index (χ0) is 24.8. The first kappa shape index (κ1) is 25.7. The van der Waals surface area contributed by atoms with E-state index in [0.29, 0.717) is 29.5 Å². The number of allylic oxidation sites excluding steroid dienone is 1. The summed E-state index contributed by atoms with van der Waals surface area (Å²) in [5, 5.41) is 13.0. The predicted octanol–water partition coefficient (Wildman–Crippen LogP) is 6.13. The van der Waals surface area contributed by atoms with Crippen molar-refractivity contribution >= 4 is 55.9 Å². The number of fused-ring (bicyclic) bond motifs is 1. The average molecular weight is 576 g/mol. The minimum Gasteiger partial charge on any atom is -0.462 e. The first-order valence-corrected chi connectivity index (χ1v) is 14.2. The quantitative estimate of drug-likeness (QED) is 0.178. The highest BCUT2D eigenvalue weighted by molar-refractivity contribution is 9.10. The largest absolute Gasteiger partial charge is 0.462 e. The number of thiophene rings is 1. The van der Waals surface area contributed by atoms with Gasteiger partial charge < -0.3 is 10.1 Å². The molecule has 0 saturated heterocycles. The molecule has 2 heterocycles. The summed E-state index contributed by atoms with van der Waals surface area (Å²) in [6.45, 7) is 6.51. The molecule has 1 amide bonds. The zero-order valence-electron chi connectivity index (χ0n) is 19.5. The second-order valence-corrected chi connectivity index (χ2v) is 11.1. The third-order valence-electron chi connectivity index (χ3n) is 5.60. The summed E-state index contributed by atoms with van der Waals surface area (Å²) < 4.78 is 8.26. The lowest BCUT2D eigenvalue weighted by molar-refractivity contribution is -0.115. The number of carbonyl (C=O) groups is 2. The van der Waals surface area contributed by atoms with Crippen LogP contribution in [0.4, 0.5) is 5.00 Å². The van der Waals surface area contributed by atoms with E-state index in [9.17, 15) is 9.59 Å². The molecule has 35 heavy (non-hydrogen) atoms. The number of halogens is 1. The van der Waals surface area contributed by atoms with Crippen molar-refractivity contribution in [2.75, 3.05) is 17.7 Å². The van der Waals surface area contributed by atoms with Crippen molar-refractivity contribution in [2.24, 2.45) is 0 Å². The SMILES string of the molecule is C=CCn1c(SCCC(=O)Nc2sc3c(c2C(=O)OCC)CCCC3)nnc1-c1ccc(Br)cc1. The van der Waals surface area contributed by atoms with Gasteiger partial charge in [-0.05, 0) is 50.3 Å². The van der Waals surface area contributed by atoms with E-state index in [1.807, 2.05) is 28.8 Å². The van der Waals surface area contributed by atoms with E-state index < -0.39 is 0 Å². The van der Waals surface area contributed by atoms with Gasteiger partial charge in [0.15, 0.2) is 11.0 Å². The molecule has 0 saturated carbocycles. The average Bonchev–Trinajstić information content (AvgIpc) is 3.41. The van der Waals surface area contributed by atoms with Crippen LogP contribution in [0.15, 0.2) is 46.5 Å². The van der Waals surface area contributed by atoms with Crippen molar-refractivity contribution in [3.8, 4) is 11.4 Å². The first-order valence-electron chi connectivity index (χ1n) is 11.6. The minimum atomic E-state index is -0.352. The fourth-order valence-corrected chi connectivity index (χ4v) is 6.44. The fourth-order valence-electron chi connectivity index (χ4n) is 4.00. The van der Waals surface area contributed by atoms with Gasteiger partial charge in [0, 0.05) is 33.6 Å². The molecule has 2 aromatic heterocycles. The fraction of sp³-hybridized carbons (Fsp3) is 0.360. The molecule has 10 heteroatoms. The van der Waals surface area contributed by atoms with Gasteiger partial charge >= 0.3 is 5.97 Å². The molecule has 184 valence electrons. The monoisotopic (exact) mass is 574 g/mol. The number of aryl methyl sites for hydroxylation is 1. The van der Waals surface area contributed by atoms with E-state index in [1.165, 1.54) is 28.0 Å². The number of hydrogen-bond donors (Lipinski definition) is 1. The normalized spacial score (nSPS) is 12.7. The van der Waals surface area contributed by atoms with Gasteiger partial charge in [-0.25, -0.2) is 4.79 Å². The third-order valence-corrected chi connectivity index (χ3v) is 8.30. The van der Waals surface area contributed by atoms with Gasteiger partial charge in [-0.1, -0.05) is 45.9 Å². The van der Waals surface area contributed by atoms with Crippen molar-refractivity contribution in [2.45, 2.75) is 50.7 Å². The van der Waals surface area contributed by atoms with Crippen LogP contribution in [0.3, 0.4) is 0 Å². The second-order valence-electron chi connectivity index (χ2n) is 7.99. The lowest BCUT2D eigenvalue weighted by Gasteiger charge is -2.12. The predicted molar refractivity (Wildman–Crippen MR) is 144 cm³/mol. The number of nitrogens with zero attached hydrogens (tertiary/aromatic N) is 3. The molecule has 1 aliphatic rings. The van der Waals surface area contributed by atoms with Crippen molar-refractivity contribution in [1.82, 2.24) is 14.8 Å². The van der Waals surface area contributed by atoms with Crippen LogP contribution in [0.25, 0.3) is 11.4 Å². The Morgan fingerprint density at radius 2 is 2.03 bits per heavy atom. The number of amides is 1. The van der Waals surface area contributed by atoms with Crippen LogP contribution in [0.2, 0.25) is 0 Å². The number of rotatable bonds is 10. The van der Waals surface area contributed by atoms with Gasteiger partial charge in [0.2, 0.25) is 5.91 Å². The Morgan fingerprint density at radius 3 is 2.77 bits per heavy atom. The summed E-state index contributed by atoms with van der Waals surface area (Å²) in [5.74, 6) is 0.799. The number of carbonyl (C=O) groups excluding carboxylic acids is 2. The highest BCUT2D eigenvalue weighted by Gasteiger charge is 2.27. The van der Waals surface area contributed by atoms with Gasteiger partial charge in [-0.2, -0.15) is 0 Å². The molecular weight excluding hydrogens is 548 g/mol. The highest BCUT2D eigenvalue weighted by Crippen LogP contribution is 2.38. The van der Waals surface area contributed by atoms with Crippen LogP contribution in [0, 0.1) is 0 Å². The molecule has 0 atom stereocenters. The molecule has 0 aliphatic heterocycles. The van der Waals surface area contributed by atoms with E-state index in [1.54, 1.807) is 13.0 Å². The van der Waals surface area contributed by atoms with Gasteiger partial charge in [0.05, 0.1) is 12.2 Å². The van der Waals surface area contributed by atoms with E-state index in [2.05, 4.69) is 38.0 Å². The van der Waals surface area contributed by atoms with Crippen LogP contribution in [0.1, 0.15) is 47.0 Å². The Hall–Kier alpha value is -2.43. The molecule has 0 bridgehead atoms. The number of ether oxygens (including phenoxy) is 1. The van der Waals surface area contributed by atoms with Crippen LogP contribution in [-0.2, 0) is 28.9 Å². The van der Waals surface area contributed by atoms with Crippen LogP contribution in [-0.4, -0.2) is 39.0 Å². The molecule has 0 spiro atoms. The van der Waals surface area contributed by atoms with Crippen molar-refractivity contribution < 1.29 is 14.3 Å². The zero-order valence-corrected chi connectivity index (χ0v) is 22.7. The van der Waals surface area contributed by atoms with Crippen LogP contribution < -0.4 is 5.32 Å². The van der Waals surface area contributed by atoms with Crippen LogP contribution >= 0.6 is 39.0 Å². The molecule has 1 aromatic carbocycles. The Labute approximate surface area is 221 Å². The Balaban J connectivity index is 1.42. The molecule has 0 unspecified atom stereocenters. The van der Waals surface area contributed by atoms with E-state index >= 15 is 0 Å². The third kappa shape index (κ3) is 6.05. The lowest BCUT2D eigenvalue weighted by Crippen LogP contribution is -2.16. The first-order chi connectivity index (χ1) is 17.0. The maximum atomic E-state index is 12.8. The van der Waals surface area contributed by atoms with Crippen LogP contribution in [0.5, 0.6) is 0 Å². The van der Waals surface area contributed by atoms with E-state index in [4.69, 9.17) is 4.74 Å². The van der Waals surface area contributed by atoms with E-state index in [0.717, 1.165) is 52.3 Å². The van der Waals surface area contributed by atoms with Gasteiger partial charge in [-0.15, -0.1) is 28.1 Å². The number of esters is 1. The molecule has 7 nitrogen and oxygen atoms in total. The van der Waals surface area contributed by atoms with Gasteiger partial charge in [0.1, 0.15) is 5.00 Å². The number of nitrogens with one attached hydrogen (secondary N) is 1. The Morgan fingerprint density at radius 1 is 1.26 bits per heavy atom. The molecule has 3 aromatic rings. The number of thioether (sulfide) groups is 1. The molecule has 4 rings (SSSR count). The lowest BCUT2D eigenvalue weighted by atomic mass is 9.95. The highest BCUT2D eigenvalue weighted by atomic mass is 79.9.